The van der Waals surface area contributed by atoms with E-state index >= 15 is 0 Å². The van der Waals surface area contributed by atoms with Crippen LogP contribution in [0.1, 0.15) is 18.9 Å². The zero-order chi connectivity index (χ0) is 10.2. The van der Waals surface area contributed by atoms with Gasteiger partial charge in [0.05, 0.1) is 0 Å². The van der Waals surface area contributed by atoms with Crippen LogP contribution in [0, 0.1) is 0 Å². The van der Waals surface area contributed by atoms with Crippen molar-refractivity contribution in [3.05, 3.63) is 47.7 Å². The van der Waals surface area contributed by atoms with Gasteiger partial charge in [-0.05, 0) is 18.1 Å². The maximum absolute atomic E-state index is 5.61. The summed E-state index contributed by atoms with van der Waals surface area (Å²) in [7, 11) is 0. The molecule has 74 valence electrons. The molecule has 0 radical (unpaired) electrons. The molecule has 1 aromatic carbocycles. The summed E-state index contributed by atoms with van der Waals surface area (Å²) in [6.07, 6.45) is 4.71. The number of benzene rings is 1. The maximum Gasteiger partial charge on any atom is 0.0424 e. The zero-order valence-electron chi connectivity index (χ0n) is 8.28. The molecule has 0 bridgehead atoms. The maximum atomic E-state index is 5.61. The average Bonchev–Trinajstić information content (AvgIpc) is 2.25. The van der Waals surface area contributed by atoms with Crippen LogP contribution in [-0.4, -0.2) is 12.1 Å². The van der Waals surface area contributed by atoms with Crippen LogP contribution in [0.3, 0.4) is 0 Å². The molecule has 14 heavy (non-hydrogen) atoms. The van der Waals surface area contributed by atoms with Gasteiger partial charge in [0.25, 0.3) is 0 Å². The topological polar surface area (TPSA) is 12.4 Å². The Morgan fingerprint density at radius 2 is 2.07 bits per heavy atom. The summed E-state index contributed by atoms with van der Waals surface area (Å²) in [4.78, 5) is 4.35. The van der Waals surface area contributed by atoms with Gasteiger partial charge in [0.15, 0.2) is 0 Å². The summed E-state index contributed by atoms with van der Waals surface area (Å²) in [5.74, 6) is 0.523. The second kappa shape index (κ2) is 6.39. The third kappa shape index (κ3) is 3.75. The summed E-state index contributed by atoms with van der Waals surface area (Å²) >= 11 is 5.61. The Balaban J connectivity index is 2.68. The molecule has 0 saturated carbocycles. The van der Waals surface area contributed by atoms with Gasteiger partial charge in [0.1, 0.15) is 0 Å². The van der Waals surface area contributed by atoms with Gasteiger partial charge in [-0.3, -0.25) is 4.99 Å². The number of aliphatic imine (C=N–C) groups is 1. The van der Waals surface area contributed by atoms with Gasteiger partial charge in [-0.15, -0.1) is 11.6 Å². The van der Waals surface area contributed by atoms with E-state index in [0.29, 0.717) is 5.88 Å². The van der Waals surface area contributed by atoms with Crippen LogP contribution < -0.4 is 0 Å². The van der Waals surface area contributed by atoms with Crippen LogP contribution in [0.5, 0.6) is 0 Å². The van der Waals surface area contributed by atoms with Gasteiger partial charge in [0.2, 0.25) is 0 Å². The lowest BCUT2D eigenvalue weighted by Gasteiger charge is -1.95. The molecule has 0 atom stereocenters. The molecule has 0 aliphatic heterocycles. The highest BCUT2D eigenvalue weighted by molar-refractivity contribution is 6.18. The van der Waals surface area contributed by atoms with E-state index in [9.17, 15) is 0 Å². The number of hydrogen-bond donors (Lipinski definition) is 0. The van der Waals surface area contributed by atoms with E-state index in [1.807, 2.05) is 42.6 Å². The smallest absolute Gasteiger partial charge is 0.0424 e. The molecule has 0 aliphatic carbocycles. The number of hydrogen-bond acceptors (Lipinski definition) is 1. The van der Waals surface area contributed by atoms with E-state index in [-0.39, 0.29) is 0 Å². The van der Waals surface area contributed by atoms with Gasteiger partial charge in [0, 0.05) is 17.8 Å². The van der Waals surface area contributed by atoms with E-state index in [4.69, 9.17) is 11.6 Å². The van der Waals surface area contributed by atoms with Crippen molar-refractivity contribution in [3.8, 4) is 0 Å². The van der Waals surface area contributed by atoms with Gasteiger partial charge < -0.3 is 0 Å². The standard InChI is InChI=1S/C12H14ClN/c1-2-12(8-9-13)14-10-11-6-4-3-5-7-11/h3-8,10H,2,9H2,1H3. The predicted molar refractivity (Wildman–Crippen MR) is 63.1 cm³/mol. The Morgan fingerprint density at radius 1 is 1.36 bits per heavy atom. The molecule has 1 nitrogen and oxygen atoms in total. The molecule has 0 aliphatic rings. The highest BCUT2D eigenvalue weighted by Gasteiger charge is 1.88. The summed E-state index contributed by atoms with van der Waals surface area (Å²) in [6, 6.07) is 10.0. The molecule has 0 saturated heterocycles. The van der Waals surface area contributed by atoms with Gasteiger partial charge in [-0.1, -0.05) is 37.3 Å². The Bertz CT molecular complexity index is 314. The number of rotatable bonds is 4. The first-order valence-electron chi connectivity index (χ1n) is 4.71. The summed E-state index contributed by atoms with van der Waals surface area (Å²) in [5.41, 5.74) is 2.14. The second-order valence-electron chi connectivity index (χ2n) is 2.87. The molecule has 0 amide bonds. The highest BCUT2D eigenvalue weighted by atomic mass is 35.5. The summed E-state index contributed by atoms with van der Waals surface area (Å²) < 4.78 is 0. The number of nitrogens with zero attached hydrogens (tertiary/aromatic N) is 1. The minimum atomic E-state index is 0.523. The predicted octanol–water partition coefficient (Wildman–Crippen LogP) is 3.64. The lowest BCUT2D eigenvalue weighted by Crippen LogP contribution is -1.82. The molecule has 0 spiro atoms. The molecular weight excluding hydrogens is 194 g/mol. The van der Waals surface area contributed by atoms with Crippen molar-refractivity contribution < 1.29 is 0 Å². The Labute approximate surface area is 90.1 Å². The van der Waals surface area contributed by atoms with Crippen LogP contribution in [0.15, 0.2) is 47.1 Å². The Morgan fingerprint density at radius 3 is 2.64 bits per heavy atom. The summed E-state index contributed by atoms with van der Waals surface area (Å²) in [5, 5.41) is 0. The van der Waals surface area contributed by atoms with Crippen LogP contribution in [-0.2, 0) is 0 Å². The molecule has 2 heteroatoms. The number of halogens is 1. The zero-order valence-corrected chi connectivity index (χ0v) is 9.04. The van der Waals surface area contributed by atoms with Crippen molar-refractivity contribution in [1.29, 1.82) is 0 Å². The number of allylic oxidation sites excluding steroid dienone is 2. The molecule has 0 aromatic heterocycles. The van der Waals surface area contributed by atoms with Gasteiger partial charge in [-0.25, -0.2) is 0 Å². The summed E-state index contributed by atoms with van der Waals surface area (Å²) in [6.45, 7) is 2.07. The SMILES string of the molecule is CCC(=CCCl)N=Cc1ccccc1. The van der Waals surface area contributed by atoms with Gasteiger partial charge in [-0.2, -0.15) is 0 Å². The molecule has 1 aromatic rings. The lowest BCUT2D eigenvalue weighted by atomic mass is 10.2. The first kappa shape index (κ1) is 11.0. The van der Waals surface area contributed by atoms with Crippen LogP contribution >= 0.6 is 11.6 Å². The Hall–Kier alpha value is -1.08. The quantitative estimate of drug-likeness (QED) is 0.528. The lowest BCUT2D eigenvalue weighted by molar-refractivity contribution is 1.06. The molecule has 0 heterocycles. The van der Waals surface area contributed by atoms with E-state index in [1.54, 1.807) is 0 Å². The third-order valence-corrected chi connectivity index (χ3v) is 2.01. The van der Waals surface area contributed by atoms with Crippen LogP contribution in [0.25, 0.3) is 0 Å². The fraction of sp³-hybridized carbons (Fsp3) is 0.250. The van der Waals surface area contributed by atoms with Crippen molar-refractivity contribution in [3.63, 3.8) is 0 Å². The van der Waals surface area contributed by atoms with Crippen molar-refractivity contribution in [2.75, 3.05) is 5.88 Å². The normalized spacial score (nSPS) is 12.3. The molecular formula is C12H14ClN. The van der Waals surface area contributed by atoms with Crippen molar-refractivity contribution >= 4 is 17.8 Å². The van der Waals surface area contributed by atoms with E-state index in [1.165, 1.54) is 0 Å². The monoisotopic (exact) mass is 207 g/mol. The second-order valence-corrected chi connectivity index (χ2v) is 3.18. The van der Waals surface area contributed by atoms with E-state index < -0.39 is 0 Å². The Kier molecular flexibility index (Phi) is 5.02. The molecule has 0 unspecified atom stereocenters. The average molecular weight is 208 g/mol. The number of alkyl halides is 1. The van der Waals surface area contributed by atoms with E-state index in [2.05, 4.69) is 11.9 Å². The van der Waals surface area contributed by atoms with Crippen LogP contribution in [0.2, 0.25) is 0 Å². The third-order valence-electron chi connectivity index (χ3n) is 1.85. The molecule has 0 N–H and O–H groups in total. The van der Waals surface area contributed by atoms with Crippen molar-refractivity contribution in [2.45, 2.75) is 13.3 Å². The molecule has 0 fully saturated rings. The van der Waals surface area contributed by atoms with E-state index in [0.717, 1.165) is 17.7 Å². The van der Waals surface area contributed by atoms with Gasteiger partial charge >= 0.3 is 0 Å². The van der Waals surface area contributed by atoms with Crippen molar-refractivity contribution in [1.82, 2.24) is 0 Å². The first-order valence-corrected chi connectivity index (χ1v) is 5.24. The fourth-order valence-electron chi connectivity index (χ4n) is 1.07. The first-order chi connectivity index (χ1) is 6.86. The fourth-order valence-corrected chi connectivity index (χ4v) is 1.25. The largest absolute Gasteiger partial charge is 0.261 e. The highest BCUT2D eigenvalue weighted by Crippen LogP contribution is 2.03. The van der Waals surface area contributed by atoms with Crippen LogP contribution in [0.4, 0.5) is 0 Å². The minimum Gasteiger partial charge on any atom is -0.261 e. The minimum absolute atomic E-state index is 0.523. The van der Waals surface area contributed by atoms with Crippen molar-refractivity contribution in [2.24, 2.45) is 4.99 Å². The molecule has 1 rings (SSSR count).